The normalized spacial score (nSPS) is 33.1. The van der Waals surface area contributed by atoms with Crippen molar-refractivity contribution in [3.05, 3.63) is 18.2 Å². The molecule has 3 saturated carbocycles. The summed E-state index contributed by atoms with van der Waals surface area (Å²) in [4.78, 5) is 29.1. The summed E-state index contributed by atoms with van der Waals surface area (Å²) in [6.07, 6.45) is 7.15. The lowest BCUT2D eigenvalue weighted by molar-refractivity contribution is -0.152. The van der Waals surface area contributed by atoms with Crippen LogP contribution >= 0.6 is 0 Å². The van der Waals surface area contributed by atoms with E-state index in [0.29, 0.717) is 18.4 Å². The van der Waals surface area contributed by atoms with Crippen LogP contribution in [0.3, 0.4) is 0 Å². The van der Waals surface area contributed by atoms with Gasteiger partial charge in [0.1, 0.15) is 10.7 Å². The van der Waals surface area contributed by atoms with Crippen LogP contribution < -0.4 is 10.0 Å². The maximum Gasteiger partial charge on any atom is 0.286 e. The van der Waals surface area contributed by atoms with Crippen LogP contribution in [0.2, 0.25) is 0 Å². The van der Waals surface area contributed by atoms with Crippen molar-refractivity contribution >= 4 is 48.9 Å². The highest BCUT2D eigenvalue weighted by Gasteiger charge is 2.60. The topological polar surface area (TPSA) is 142 Å². The predicted molar refractivity (Wildman–Crippen MR) is 129 cm³/mol. The third-order valence-electron chi connectivity index (χ3n) is 8.17. The predicted octanol–water partition coefficient (Wildman–Crippen LogP) is 1.81. The maximum atomic E-state index is 13.7. The number of amides is 1. The minimum absolute atomic E-state index is 0.0798. The molecule has 2 bridgehead atoms. The lowest BCUT2D eigenvalue weighted by Gasteiger charge is -2.46. The van der Waals surface area contributed by atoms with Gasteiger partial charge in [-0.1, -0.05) is 12.8 Å². The van der Waals surface area contributed by atoms with E-state index in [9.17, 15) is 26.4 Å². The Labute approximate surface area is 204 Å². The molecule has 5 atom stereocenters. The van der Waals surface area contributed by atoms with E-state index in [1.54, 1.807) is 0 Å². The van der Waals surface area contributed by atoms with Gasteiger partial charge in [-0.05, 0) is 61.6 Å². The number of hydrogen-bond acceptors (Lipinski definition) is 7. The van der Waals surface area contributed by atoms with Crippen molar-refractivity contribution in [1.82, 2.24) is 4.90 Å². The Morgan fingerprint density at radius 2 is 1.89 bits per heavy atom. The maximum absolute atomic E-state index is 13.7. The molecule has 1 aromatic rings. The lowest BCUT2D eigenvalue weighted by atomic mass is 9.73. The van der Waals surface area contributed by atoms with Crippen LogP contribution in [0.15, 0.2) is 27.5 Å². The number of piperidine rings is 1. The Kier molecular flexibility index (Phi) is 5.09. The number of carbonyl (C=O) groups excluding carboxylic acids is 2. The first-order chi connectivity index (χ1) is 16.5. The number of benzene rings is 1. The van der Waals surface area contributed by atoms with Gasteiger partial charge in [-0.2, -0.15) is 8.42 Å². The van der Waals surface area contributed by atoms with Gasteiger partial charge in [-0.25, -0.2) is 8.42 Å². The van der Waals surface area contributed by atoms with Crippen molar-refractivity contribution in [2.24, 2.45) is 34.0 Å². The molecule has 4 fully saturated rings. The van der Waals surface area contributed by atoms with E-state index in [0.717, 1.165) is 31.9 Å². The average Bonchev–Trinajstić information content (AvgIpc) is 3.36. The number of nitrogens with one attached hydrogen (secondary N) is 2. The Morgan fingerprint density at radius 3 is 2.60 bits per heavy atom. The van der Waals surface area contributed by atoms with Crippen LogP contribution in [0, 0.1) is 29.6 Å². The van der Waals surface area contributed by atoms with Crippen LogP contribution in [0.5, 0.6) is 0 Å². The fourth-order valence-electron chi connectivity index (χ4n) is 6.56. The molecule has 3 aliphatic carbocycles. The number of likely N-dealkylation sites (tertiary alicyclic amines) is 1. The van der Waals surface area contributed by atoms with Crippen molar-refractivity contribution in [2.45, 2.75) is 49.5 Å². The van der Waals surface area contributed by atoms with Crippen molar-refractivity contribution in [3.8, 4) is 0 Å². The average molecular weight is 521 g/mol. The van der Waals surface area contributed by atoms with Gasteiger partial charge in [-0.3, -0.25) is 14.3 Å². The van der Waals surface area contributed by atoms with Crippen molar-refractivity contribution in [2.75, 3.05) is 22.8 Å². The molecule has 0 spiro atoms. The quantitative estimate of drug-likeness (QED) is 0.545. The molecule has 6 rings (SSSR count). The highest BCUT2D eigenvalue weighted by Crippen LogP contribution is 2.54. The first kappa shape index (κ1) is 23.0. The van der Waals surface area contributed by atoms with Crippen LogP contribution in [-0.2, 0) is 29.6 Å². The summed E-state index contributed by atoms with van der Waals surface area (Å²) in [5, 5.41) is 2.92. The number of hydrogen-bond donors (Lipinski definition) is 2. The SMILES string of the molecule is CS(=O)(=O)Nc1ccc2c(c1)S(=O)(=O)N=C(C1C(=O)C3C([C@@H]4CC[C@H]3C4)N(CCC3CC3)C1=O)N2. The van der Waals surface area contributed by atoms with Gasteiger partial charge in [-0.15, -0.1) is 4.40 Å². The number of nitrogens with zero attached hydrogens (tertiary/aromatic N) is 2. The van der Waals surface area contributed by atoms with Gasteiger partial charge in [0, 0.05) is 24.2 Å². The third kappa shape index (κ3) is 3.94. The van der Waals surface area contributed by atoms with E-state index in [1.807, 2.05) is 4.90 Å². The molecule has 1 saturated heterocycles. The van der Waals surface area contributed by atoms with E-state index in [4.69, 9.17) is 0 Å². The summed E-state index contributed by atoms with van der Waals surface area (Å²) >= 11 is 0. The zero-order chi connectivity index (χ0) is 24.7. The van der Waals surface area contributed by atoms with Crippen LogP contribution in [0.25, 0.3) is 0 Å². The molecule has 3 unspecified atom stereocenters. The number of sulfonamides is 2. The molecular weight excluding hydrogens is 492 g/mol. The molecule has 35 heavy (non-hydrogen) atoms. The molecule has 5 aliphatic rings. The van der Waals surface area contributed by atoms with E-state index in [1.165, 1.54) is 31.0 Å². The minimum atomic E-state index is -4.26. The van der Waals surface area contributed by atoms with Gasteiger partial charge in [0.05, 0.1) is 11.9 Å². The Hall–Kier alpha value is -2.47. The second-order valence-electron chi connectivity index (χ2n) is 10.6. The van der Waals surface area contributed by atoms with Crippen molar-refractivity contribution < 1.29 is 26.4 Å². The summed E-state index contributed by atoms with van der Waals surface area (Å²) in [6, 6.07) is 3.93. The molecule has 2 aliphatic heterocycles. The molecule has 12 heteroatoms. The molecule has 10 nitrogen and oxygen atoms in total. The molecule has 0 radical (unpaired) electrons. The highest BCUT2D eigenvalue weighted by atomic mass is 32.2. The number of ketones is 1. The van der Waals surface area contributed by atoms with Gasteiger partial charge in [0.15, 0.2) is 11.7 Å². The molecule has 1 aromatic carbocycles. The van der Waals surface area contributed by atoms with Gasteiger partial charge in [0.25, 0.3) is 10.0 Å². The summed E-state index contributed by atoms with van der Waals surface area (Å²) < 4.78 is 55.4. The molecule has 2 heterocycles. The second kappa shape index (κ2) is 7.76. The number of amidine groups is 1. The van der Waals surface area contributed by atoms with Crippen LogP contribution in [-0.4, -0.2) is 58.1 Å². The fourth-order valence-corrected chi connectivity index (χ4v) is 8.29. The first-order valence-electron chi connectivity index (χ1n) is 12.1. The number of Topliss-reactive ketones (excluding diaryl/α,β-unsaturated/α-hetero) is 1. The fraction of sp³-hybridized carbons (Fsp3) is 0.609. The van der Waals surface area contributed by atoms with E-state index in [-0.39, 0.29) is 51.7 Å². The van der Waals surface area contributed by atoms with Gasteiger partial charge >= 0.3 is 0 Å². The molecule has 2 N–H and O–H groups in total. The van der Waals surface area contributed by atoms with Gasteiger partial charge < -0.3 is 10.2 Å². The van der Waals surface area contributed by atoms with E-state index < -0.39 is 26.0 Å². The van der Waals surface area contributed by atoms with Crippen molar-refractivity contribution in [1.29, 1.82) is 0 Å². The molecular formula is C23H28N4O6S2. The Balaban J connectivity index is 1.35. The number of anilines is 2. The Bertz CT molecular complexity index is 1370. The summed E-state index contributed by atoms with van der Waals surface area (Å²) in [6.45, 7) is 0.592. The zero-order valence-electron chi connectivity index (χ0n) is 19.3. The molecule has 0 aromatic heterocycles. The van der Waals surface area contributed by atoms with Crippen LogP contribution in [0.1, 0.15) is 38.5 Å². The highest BCUT2D eigenvalue weighted by molar-refractivity contribution is 7.92. The summed E-state index contributed by atoms with van der Waals surface area (Å²) in [5.74, 6) is -1.09. The smallest absolute Gasteiger partial charge is 0.286 e. The van der Waals surface area contributed by atoms with E-state index >= 15 is 0 Å². The van der Waals surface area contributed by atoms with Gasteiger partial charge in [0.2, 0.25) is 15.9 Å². The minimum Gasteiger partial charge on any atom is -0.341 e. The third-order valence-corrected chi connectivity index (χ3v) is 10.1. The summed E-state index contributed by atoms with van der Waals surface area (Å²) in [7, 11) is -7.87. The second-order valence-corrected chi connectivity index (χ2v) is 13.9. The van der Waals surface area contributed by atoms with Crippen molar-refractivity contribution in [3.63, 3.8) is 0 Å². The first-order valence-corrected chi connectivity index (χ1v) is 15.4. The monoisotopic (exact) mass is 520 g/mol. The Morgan fingerprint density at radius 1 is 1.14 bits per heavy atom. The number of rotatable bonds is 6. The lowest BCUT2D eigenvalue weighted by Crippen LogP contribution is -2.62. The molecule has 1 amide bonds. The van der Waals surface area contributed by atoms with E-state index in [2.05, 4.69) is 14.4 Å². The van der Waals surface area contributed by atoms with Crippen LogP contribution in [0.4, 0.5) is 11.4 Å². The standard InChI is InChI=1S/C23H28N4O6S2/c1-34(30,31)25-15-6-7-16-17(11-15)35(32,33)26-22(24-16)19-21(28)18-13-4-5-14(10-13)20(18)27(23(19)29)9-8-12-2-3-12/h6-7,11-14,18-20,25H,2-5,8-10H2,1H3,(H,24,26)/t13-,14+,18?,19?,20?/m0/s1. The molecule has 188 valence electrons. The number of carbonyl (C=O) groups is 2. The number of fused-ring (bicyclic) bond motifs is 6. The largest absolute Gasteiger partial charge is 0.341 e. The zero-order valence-corrected chi connectivity index (χ0v) is 20.9. The summed E-state index contributed by atoms with van der Waals surface area (Å²) in [5.41, 5.74) is 0.241.